The van der Waals surface area contributed by atoms with Gasteiger partial charge < -0.3 is 10.0 Å². The Morgan fingerprint density at radius 2 is 1.71 bits per heavy atom. The van der Waals surface area contributed by atoms with Crippen molar-refractivity contribution in [2.24, 2.45) is 0 Å². The molecule has 28 heavy (non-hydrogen) atoms. The molecular weight excluding hydrogens is 348 g/mol. The van der Waals surface area contributed by atoms with Crippen molar-refractivity contribution < 1.29 is 9.90 Å². The lowest BCUT2D eigenvalue weighted by Gasteiger charge is -2.36. The fourth-order valence-electron chi connectivity index (χ4n) is 4.06. The van der Waals surface area contributed by atoms with Gasteiger partial charge in [-0.05, 0) is 36.1 Å². The van der Waals surface area contributed by atoms with E-state index in [0.29, 0.717) is 24.3 Å². The number of hydrogen-bond acceptors (Lipinski definition) is 3. The fraction of sp³-hybridized carbons (Fsp3) is 0.250. The number of β-amino-alcohol motifs (C(OH)–C–C–N with tert-alkyl or cyclic N) is 1. The minimum absolute atomic E-state index is 0.0602. The number of rotatable bonds is 3. The molecule has 2 atom stereocenters. The zero-order valence-electron chi connectivity index (χ0n) is 16.0. The largest absolute Gasteiger partial charge is 0.391 e. The Labute approximate surface area is 165 Å². The molecule has 4 rings (SSSR count). The van der Waals surface area contributed by atoms with Gasteiger partial charge in [0.2, 0.25) is 0 Å². The van der Waals surface area contributed by atoms with Crippen molar-refractivity contribution in [2.75, 3.05) is 13.1 Å². The highest BCUT2D eigenvalue weighted by atomic mass is 16.3. The quantitative estimate of drug-likeness (QED) is 0.755. The summed E-state index contributed by atoms with van der Waals surface area (Å²) in [4.78, 5) is 19.5. The minimum atomic E-state index is -0.572. The van der Waals surface area contributed by atoms with Crippen LogP contribution in [0.5, 0.6) is 0 Å². The number of aliphatic hydroxyl groups excluding tert-OH is 1. The molecule has 2 heterocycles. The van der Waals surface area contributed by atoms with Crippen LogP contribution < -0.4 is 0 Å². The first-order valence-electron chi connectivity index (χ1n) is 9.68. The number of likely N-dealkylation sites (tertiary alicyclic amines) is 1. The van der Waals surface area contributed by atoms with Gasteiger partial charge in [0.1, 0.15) is 0 Å². The number of aliphatic hydroxyl groups is 1. The summed E-state index contributed by atoms with van der Waals surface area (Å²) in [6.45, 7) is 2.83. The molecule has 4 nitrogen and oxygen atoms in total. The van der Waals surface area contributed by atoms with Crippen molar-refractivity contribution in [3.05, 3.63) is 89.7 Å². The van der Waals surface area contributed by atoms with E-state index in [1.165, 1.54) is 0 Å². The van der Waals surface area contributed by atoms with Gasteiger partial charge in [-0.2, -0.15) is 0 Å². The zero-order chi connectivity index (χ0) is 19.5. The van der Waals surface area contributed by atoms with Gasteiger partial charge in [-0.15, -0.1) is 0 Å². The van der Waals surface area contributed by atoms with E-state index in [-0.39, 0.29) is 11.8 Å². The normalized spacial score (nSPS) is 19.4. The highest BCUT2D eigenvalue weighted by Crippen LogP contribution is 2.31. The minimum Gasteiger partial charge on any atom is -0.391 e. The maximum Gasteiger partial charge on any atom is 0.256 e. The van der Waals surface area contributed by atoms with Crippen LogP contribution in [0.25, 0.3) is 11.1 Å². The number of nitrogens with zero attached hydrogens (tertiary/aromatic N) is 2. The number of aryl methyl sites for hydroxylation is 1. The van der Waals surface area contributed by atoms with Crippen molar-refractivity contribution >= 4 is 5.91 Å². The number of amides is 1. The molecule has 2 aromatic carbocycles. The van der Waals surface area contributed by atoms with Crippen molar-refractivity contribution in [1.29, 1.82) is 0 Å². The molecule has 0 aliphatic carbocycles. The number of piperidine rings is 1. The zero-order valence-corrected chi connectivity index (χ0v) is 16.0. The smallest absolute Gasteiger partial charge is 0.256 e. The second kappa shape index (κ2) is 7.95. The van der Waals surface area contributed by atoms with E-state index in [1.807, 2.05) is 73.7 Å². The average molecular weight is 372 g/mol. The third-order valence-corrected chi connectivity index (χ3v) is 5.54. The first-order chi connectivity index (χ1) is 13.6. The van der Waals surface area contributed by atoms with Gasteiger partial charge in [0.15, 0.2) is 0 Å². The SMILES string of the molecule is Cc1nccc(-c2ccccc2)c1C(=O)N1CC[C@H](c2ccccc2)[C@H](O)C1. The van der Waals surface area contributed by atoms with Gasteiger partial charge in [-0.3, -0.25) is 9.78 Å². The van der Waals surface area contributed by atoms with Gasteiger partial charge in [0.25, 0.3) is 5.91 Å². The summed E-state index contributed by atoms with van der Waals surface area (Å²) in [6.07, 6.45) is 1.92. The Bertz CT molecular complexity index is 957. The Hall–Kier alpha value is -2.98. The lowest BCUT2D eigenvalue weighted by molar-refractivity contribution is 0.0381. The molecule has 1 amide bonds. The summed E-state index contributed by atoms with van der Waals surface area (Å²) in [5, 5.41) is 10.7. The maximum atomic E-state index is 13.4. The number of benzene rings is 2. The molecule has 0 radical (unpaired) electrons. The molecule has 0 saturated carbocycles. The third-order valence-electron chi connectivity index (χ3n) is 5.54. The molecule has 0 spiro atoms. The Morgan fingerprint density at radius 1 is 1.04 bits per heavy atom. The summed E-state index contributed by atoms with van der Waals surface area (Å²) in [6, 6.07) is 21.8. The van der Waals surface area contributed by atoms with E-state index in [4.69, 9.17) is 0 Å². The van der Waals surface area contributed by atoms with Crippen LogP contribution in [0.2, 0.25) is 0 Å². The standard InChI is InChI=1S/C24H24N2O2/c1-17-23(21(12-14-25-17)19-10-6-3-7-11-19)24(28)26-15-13-20(22(27)16-26)18-8-4-2-5-9-18/h2-12,14,20,22,27H,13,15-16H2,1H3/t20-,22-/m1/s1. The maximum absolute atomic E-state index is 13.4. The lowest BCUT2D eigenvalue weighted by Crippen LogP contribution is -2.46. The lowest BCUT2D eigenvalue weighted by atomic mass is 9.86. The molecule has 1 aromatic heterocycles. The Morgan fingerprint density at radius 3 is 2.39 bits per heavy atom. The predicted molar refractivity (Wildman–Crippen MR) is 110 cm³/mol. The van der Waals surface area contributed by atoms with Crippen molar-refractivity contribution in [3.8, 4) is 11.1 Å². The highest BCUT2D eigenvalue weighted by Gasteiger charge is 2.32. The molecule has 3 aromatic rings. The van der Waals surface area contributed by atoms with Gasteiger partial charge in [0, 0.05) is 25.2 Å². The molecule has 1 saturated heterocycles. The number of pyridine rings is 1. The van der Waals surface area contributed by atoms with E-state index in [9.17, 15) is 9.90 Å². The first kappa shape index (κ1) is 18.4. The summed E-state index contributed by atoms with van der Waals surface area (Å²) in [7, 11) is 0. The summed E-state index contributed by atoms with van der Waals surface area (Å²) >= 11 is 0. The molecule has 1 fully saturated rings. The Balaban J connectivity index is 1.60. The van der Waals surface area contributed by atoms with Crippen LogP contribution in [0, 0.1) is 6.92 Å². The summed E-state index contributed by atoms with van der Waals surface area (Å²) in [5.41, 5.74) is 4.35. The van der Waals surface area contributed by atoms with Crippen LogP contribution in [0.1, 0.15) is 34.0 Å². The van der Waals surface area contributed by atoms with Gasteiger partial charge in [-0.1, -0.05) is 60.7 Å². The molecule has 4 heteroatoms. The molecule has 1 aliphatic heterocycles. The fourth-order valence-corrected chi connectivity index (χ4v) is 4.06. The Kier molecular flexibility index (Phi) is 5.22. The van der Waals surface area contributed by atoms with E-state index < -0.39 is 6.10 Å². The molecule has 1 N–H and O–H groups in total. The van der Waals surface area contributed by atoms with Crippen LogP contribution in [0.3, 0.4) is 0 Å². The van der Waals surface area contributed by atoms with Crippen LogP contribution in [-0.2, 0) is 0 Å². The van der Waals surface area contributed by atoms with Gasteiger partial charge >= 0.3 is 0 Å². The van der Waals surface area contributed by atoms with Crippen LogP contribution in [0.4, 0.5) is 0 Å². The third kappa shape index (κ3) is 3.56. The van der Waals surface area contributed by atoms with Crippen molar-refractivity contribution in [1.82, 2.24) is 9.88 Å². The van der Waals surface area contributed by atoms with Crippen molar-refractivity contribution in [2.45, 2.75) is 25.4 Å². The first-order valence-corrected chi connectivity index (χ1v) is 9.68. The summed E-state index contributed by atoms with van der Waals surface area (Å²) in [5.74, 6) is 0.00357. The average Bonchev–Trinajstić information content (AvgIpc) is 2.74. The second-order valence-corrected chi connectivity index (χ2v) is 7.31. The van der Waals surface area contributed by atoms with Gasteiger partial charge in [-0.25, -0.2) is 0 Å². The summed E-state index contributed by atoms with van der Waals surface area (Å²) < 4.78 is 0. The molecule has 1 aliphatic rings. The highest BCUT2D eigenvalue weighted by molar-refractivity contribution is 6.01. The van der Waals surface area contributed by atoms with Crippen LogP contribution >= 0.6 is 0 Å². The van der Waals surface area contributed by atoms with Crippen LogP contribution in [0.15, 0.2) is 72.9 Å². The van der Waals surface area contributed by atoms with E-state index in [0.717, 1.165) is 23.1 Å². The predicted octanol–water partition coefficient (Wildman–Crippen LogP) is 4.05. The molecule has 0 bridgehead atoms. The van der Waals surface area contributed by atoms with E-state index >= 15 is 0 Å². The van der Waals surface area contributed by atoms with Gasteiger partial charge in [0.05, 0.1) is 17.4 Å². The van der Waals surface area contributed by atoms with Crippen LogP contribution in [-0.4, -0.2) is 40.1 Å². The van der Waals surface area contributed by atoms with E-state index in [1.54, 1.807) is 11.1 Å². The van der Waals surface area contributed by atoms with E-state index in [2.05, 4.69) is 4.98 Å². The number of aromatic nitrogens is 1. The number of carbonyl (C=O) groups excluding carboxylic acids is 1. The monoisotopic (exact) mass is 372 g/mol. The topological polar surface area (TPSA) is 53.4 Å². The molecule has 142 valence electrons. The molecule has 0 unspecified atom stereocenters. The number of hydrogen-bond donors (Lipinski definition) is 1. The second-order valence-electron chi connectivity index (χ2n) is 7.31. The van der Waals surface area contributed by atoms with Crippen molar-refractivity contribution in [3.63, 3.8) is 0 Å². The number of carbonyl (C=O) groups is 1. The molecular formula is C24H24N2O2.